The van der Waals surface area contributed by atoms with Gasteiger partial charge in [-0.25, -0.2) is 9.68 Å². The smallest absolute Gasteiger partial charge is 0.432 e. The molecule has 0 aromatic heterocycles. The van der Waals surface area contributed by atoms with Crippen LogP contribution in [-0.2, 0) is 19.6 Å². The highest BCUT2D eigenvalue weighted by atomic mass is 17.5. The zero-order valence-electron chi connectivity index (χ0n) is 10.7. The molecule has 0 aliphatic carbocycles. The van der Waals surface area contributed by atoms with E-state index >= 15 is 0 Å². The highest BCUT2D eigenvalue weighted by Crippen LogP contribution is 2.16. The van der Waals surface area contributed by atoms with Crippen molar-refractivity contribution in [3.63, 3.8) is 0 Å². The lowest BCUT2D eigenvalue weighted by atomic mass is 10.0. The molecule has 0 unspecified atom stereocenters. The minimum atomic E-state index is -0.888. The fourth-order valence-electron chi connectivity index (χ4n) is 1.04. The third kappa shape index (κ3) is 8.49. The van der Waals surface area contributed by atoms with Gasteiger partial charge in [0, 0.05) is 0 Å². The summed E-state index contributed by atoms with van der Waals surface area (Å²) >= 11 is 0. The van der Waals surface area contributed by atoms with Crippen LogP contribution in [0.3, 0.4) is 0 Å². The number of carbonyl (C=O) groups is 1. The molecule has 0 bridgehead atoms. The minimum absolute atomic E-state index is 0.255. The quantitative estimate of drug-likeness (QED) is 0.384. The van der Waals surface area contributed by atoms with Crippen LogP contribution >= 0.6 is 0 Å². The Labute approximate surface area is 96.9 Å². The van der Waals surface area contributed by atoms with Crippen LogP contribution in [0.2, 0.25) is 0 Å². The van der Waals surface area contributed by atoms with Crippen molar-refractivity contribution in [2.45, 2.75) is 53.1 Å². The fraction of sp³-hybridized carbons (Fsp3) is 0.909. The maximum absolute atomic E-state index is 10.9. The Hall–Kier alpha value is -0.810. The van der Waals surface area contributed by atoms with Crippen LogP contribution in [0.4, 0.5) is 4.79 Å². The lowest BCUT2D eigenvalue weighted by Gasteiger charge is -2.20. The monoisotopic (exact) mass is 234 g/mol. The molecule has 5 nitrogen and oxygen atoms in total. The third-order valence-electron chi connectivity index (χ3n) is 1.75. The molecule has 0 aromatic carbocycles. The predicted molar refractivity (Wildman–Crippen MR) is 58.4 cm³/mol. The van der Waals surface area contributed by atoms with Crippen molar-refractivity contribution in [1.29, 1.82) is 0 Å². The van der Waals surface area contributed by atoms with Gasteiger partial charge in [0.05, 0.1) is 6.61 Å². The van der Waals surface area contributed by atoms with E-state index in [-0.39, 0.29) is 5.92 Å². The van der Waals surface area contributed by atoms with Gasteiger partial charge in [-0.15, -0.1) is 0 Å². The van der Waals surface area contributed by atoms with Gasteiger partial charge in [0.1, 0.15) is 5.60 Å². The minimum Gasteiger partial charge on any atom is -0.432 e. The van der Waals surface area contributed by atoms with Crippen molar-refractivity contribution in [3.05, 3.63) is 0 Å². The lowest BCUT2D eigenvalue weighted by molar-refractivity contribution is -0.517. The topological polar surface area (TPSA) is 54.0 Å². The molecule has 0 radical (unpaired) electrons. The van der Waals surface area contributed by atoms with Gasteiger partial charge in [-0.3, -0.25) is 0 Å². The third-order valence-corrected chi connectivity index (χ3v) is 1.75. The maximum atomic E-state index is 10.9. The van der Waals surface area contributed by atoms with E-state index < -0.39 is 11.8 Å². The van der Waals surface area contributed by atoms with Crippen LogP contribution in [0, 0.1) is 5.92 Å². The first-order valence-electron chi connectivity index (χ1n) is 5.56. The molecule has 96 valence electrons. The van der Waals surface area contributed by atoms with E-state index in [2.05, 4.69) is 9.93 Å². The predicted octanol–water partition coefficient (Wildman–Crippen LogP) is 3.24. The SMILES string of the molecule is CCCC(C)(C)OOOC(=O)OCC(C)C. The summed E-state index contributed by atoms with van der Waals surface area (Å²) in [6.07, 6.45) is 0.868. The van der Waals surface area contributed by atoms with Crippen LogP contribution in [0.1, 0.15) is 47.5 Å². The van der Waals surface area contributed by atoms with Crippen molar-refractivity contribution < 1.29 is 24.3 Å². The number of hydrogen-bond acceptors (Lipinski definition) is 5. The summed E-state index contributed by atoms with van der Waals surface area (Å²) in [7, 11) is 0. The van der Waals surface area contributed by atoms with Crippen molar-refractivity contribution in [1.82, 2.24) is 0 Å². The molecule has 0 rings (SSSR count). The van der Waals surface area contributed by atoms with Gasteiger partial charge in [-0.1, -0.05) is 27.2 Å². The summed E-state index contributed by atoms with van der Waals surface area (Å²) in [5.41, 5.74) is -0.479. The van der Waals surface area contributed by atoms with Crippen molar-refractivity contribution in [2.75, 3.05) is 6.61 Å². The number of ether oxygens (including phenoxy) is 1. The number of rotatable bonds is 7. The summed E-state index contributed by atoms with van der Waals surface area (Å²) in [6, 6.07) is 0. The first-order valence-corrected chi connectivity index (χ1v) is 5.56. The molecule has 0 amide bonds. The Morgan fingerprint density at radius 1 is 1.31 bits per heavy atom. The Kier molecular flexibility index (Phi) is 7.08. The van der Waals surface area contributed by atoms with Crippen molar-refractivity contribution >= 4 is 6.16 Å². The average molecular weight is 234 g/mol. The summed E-state index contributed by atoms with van der Waals surface area (Å²) in [5, 5.41) is 4.37. The molecular weight excluding hydrogens is 212 g/mol. The van der Waals surface area contributed by atoms with Gasteiger partial charge < -0.3 is 4.74 Å². The van der Waals surface area contributed by atoms with Gasteiger partial charge >= 0.3 is 6.16 Å². The lowest BCUT2D eigenvalue weighted by Crippen LogP contribution is -2.25. The Morgan fingerprint density at radius 2 is 1.94 bits per heavy atom. The molecular formula is C11H22O5. The van der Waals surface area contributed by atoms with Gasteiger partial charge in [0.2, 0.25) is 0 Å². The first-order chi connectivity index (χ1) is 7.37. The maximum Gasteiger partial charge on any atom is 0.542 e. The second-order valence-electron chi connectivity index (χ2n) is 4.70. The van der Waals surface area contributed by atoms with E-state index in [1.54, 1.807) is 0 Å². The highest BCUT2D eigenvalue weighted by molar-refractivity contribution is 5.58. The Bertz CT molecular complexity index is 201. The molecule has 0 N–H and O–H groups in total. The summed E-state index contributed by atoms with van der Waals surface area (Å²) in [5.74, 6) is 0.255. The van der Waals surface area contributed by atoms with Crippen LogP contribution in [0.5, 0.6) is 0 Å². The van der Waals surface area contributed by atoms with E-state index in [1.807, 2.05) is 34.6 Å². The van der Waals surface area contributed by atoms with Crippen LogP contribution < -0.4 is 0 Å². The largest absolute Gasteiger partial charge is 0.542 e. The summed E-state index contributed by atoms with van der Waals surface area (Å²) in [6.45, 7) is 9.87. The van der Waals surface area contributed by atoms with E-state index in [0.29, 0.717) is 6.61 Å². The molecule has 16 heavy (non-hydrogen) atoms. The summed E-state index contributed by atoms with van der Waals surface area (Å²) in [4.78, 5) is 20.2. The van der Waals surface area contributed by atoms with E-state index in [1.165, 1.54) is 0 Å². The van der Waals surface area contributed by atoms with E-state index in [4.69, 9.17) is 9.62 Å². The second kappa shape index (κ2) is 7.46. The van der Waals surface area contributed by atoms with Crippen molar-refractivity contribution in [2.24, 2.45) is 5.92 Å². The average Bonchev–Trinajstić information content (AvgIpc) is 2.14. The second-order valence-corrected chi connectivity index (χ2v) is 4.70. The molecule has 0 saturated carbocycles. The molecule has 0 aliphatic heterocycles. The Morgan fingerprint density at radius 3 is 2.44 bits per heavy atom. The van der Waals surface area contributed by atoms with Gasteiger partial charge in [-0.05, 0) is 31.2 Å². The van der Waals surface area contributed by atoms with E-state index in [9.17, 15) is 4.79 Å². The fourth-order valence-corrected chi connectivity index (χ4v) is 1.04. The summed E-state index contributed by atoms with van der Waals surface area (Å²) < 4.78 is 4.71. The number of hydrogen-bond donors (Lipinski definition) is 0. The van der Waals surface area contributed by atoms with Gasteiger partial charge in [0.25, 0.3) is 0 Å². The molecule has 5 heteroatoms. The highest BCUT2D eigenvalue weighted by Gasteiger charge is 2.20. The van der Waals surface area contributed by atoms with Gasteiger partial charge in [-0.2, -0.15) is 4.89 Å². The van der Waals surface area contributed by atoms with Crippen LogP contribution in [0.25, 0.3) is 0 Å². The molecule has 0 aromatic rings. The molecule has 0 fully saturated rings. The van der Waals surface area contributed by atoms with Crippen LogP contribution in [0.15, 0.2) is 0 Å². The molecule has 0 atom stereocenters. The van der Waals surface area contributed by atoms with E-state index in [0.717, 1.165) is 12.8 Å². The first kappa shape index (κ1) is 15.2. The van der Waals surface area contributed by atoms with Crippen LogP contribution in [-0.4, -0.2) is 18.4 Å². The van der Waals surface area contributed by atoms with Gasteiger partial charge in [0.15, 0.2) is 0 Å². The van der Waals surface area contributed by atoms with Crippen molar-refractivity contribution in [3.8, 4) is 0 Å². The standard InChI is InChI=1S/C11H22O5/c1-6-7-11(4,5)15-16-14-10(12)13-8-9(2)3/h9H,6-8H2,1-5H3. The zero-order chi connectivity index (χ0) is 12.6. The molecule has 0 heterocycles. The normalized spacial score (nSPS) is 11.6. The number of carbonyl (C=O) groups excluding carboxylic acids is 1. The molecule has 0 saturated heterocycles. The molecule has 0 aliphatic rings. The zero-order valence-corrected chi connectivity index (χ0v) is 10.7. The molecule has 0 spiro atoms. The Balaban J connectivity index is 3.61.